The van der Waals surface area contributed by atoms with Crippen molar-refractivity contribution in [1.29, 1.82) is 0 Å². The maximum absolute atomic E-state index is 10.7. The lowest BCUT2D eigenvalue weighted by atomic mass is 10.2. The predicted octanol–water partition coefficient (Wildman–Crippen LogP) is 1.32. The van der Waals surface area contributed by atoms with Crippen molar-refractivity contribution in [2.45, 2.75) is 4.90 Å². The van der Waals surface area contributed by atoms with Gasteiger partial charge < -0.3 is 8.93 Å². The fourth-order valence-electron chi connectivity index (χ4n) is 0.904. The van der Waals surface area contributed by atoms with Gasteiger partial charge in [-0.3, -0.25) is 4.55 Å². The minimum atomic E-state index is -4.42. The molecule has 8 heteroatoms. The molecular weight excluding hydrogens is 292 g/mol. The Morgan fingerprint density at radius 1 is 1.40 bits per heavy atom. The van der Waals surface area contributed by atoms with E-state index in [0.29, 0.717) is 0 Å². The summed E-state index contributed by atoms with van der Waals surface area (Å²) >= 11 is 2.58. The van der Waals surface area contributed by atoms with Crippen molar-refractivity contribution in [1.82, 2.24) is 0 Å². The zero-order valence-electron chi connectivity index (χ0n) is 7.05. The van der Waals surface area contributed by atoms with Crippen molar-refractivity contribution in [3.8, 4) is 5.75 Å². The van der Waals surface area contributed by atoms with Gasteiger partial charge in [0.25, 0.3) is 10.1 Å². The molecule has 0 spiro atoms. The van der Waals surface area contributed by atoms with Gasteiger partial charge in [-0.2, -0.15) is 8.42 Å². The molecule has 0 bridgehead atoms. The number of hydrogen-bond donors (Lipinski definition) is 2. The predicted molar refractivity (Wildman–Crippen MR) is 52.8 cm³/mol. The van der Waals surface area contributed by atoms with Crippen LogP contribution in [-0.4, -0.2) is 24.0 Å². The number of benzene rings is 1. The molecule has 0 amide bonds. The first-order valence-electron chi connectivity index (χ1n) is 3.49. The van der Waals surface area contributed by atoms with Crippen molar-refractivity contribution in [2.75, 3.05) is 0 Å². The first kappa shape index (κ1) is 12.0. The molecule has 0 atom stereocenters. The Hall–Kier alpha value is -1.12. The van der Waals surface area contributed by atoms with E-state index in [2.05, 4.69) is 20.1 Å². The highest BCUT2D eigenvalue weighted by atomic mass is 79.9. The molecule has 0 aromatic heterocycles. The molecule has 0 saturated carbocycles. The number of rotatable bonds is 3. The minimum absolute atomic E-state index is 0.0603. The van der Waals surface area contributed by atoms with Crippen LogP contribution in [0.1, 0.15) is 10.4 Å². The van der Waals surface area contributed by atoms with Crippen molar-refractivity contribution < 1.29 is 26.7 Å². The Balaban J connectivity index is 3.42. The van der Waals surface area contributed by atoms with Gasteiger partial charge >= 0.3 is 5.97 Å². The Morgan fingerprint density at radius 3 is 2.40 bits per heavy atom. The lowest BCUT2D eigenvalue weighted by Crippen LogP contribution is -2.03. The molecule has 15 heavy (non-hydrogen) atoms. The third kappa shape index (κ3) is 2.67. The Morgan fingerprint density at radius 2 is 2.00 bits per heavy atom. The van der Waals surface area contributed by atoms with Gasteiger partial charge in [0.05, 0.1) is 4.90 Å². The molecule has 0 radical (unpaired) electrons. The molecule has 82 valence electrons. The molecule has 2 N–H and O–H groups in total. The summed E-state index contributed by atoms with van der Waals surface area (Å²) in [6.45, 7) is 0. The van der Waals surface area contributed by atoms with Gasteiger partial charge in [-0.15, -0.1) is 0 Å². The molecule has 0 aliphatic rings. The highest BCUT2D eigenvalue weighted by Gasteiger charge is 2.17. The van der Waals surface area contributed by atoms with Crippen LogP contribution in [0.4, 0.5) is 0 Å². The van der Waals surface area contributed by atoms with E-state index in [1.54, 1.807) is 0 Å². The summed E-state index contributed by atoms with van der Waals surface area (Å²) in [7, 11) is -4.42. The highest BCUT2D eigenvalue weighted by molar-refractivity contribution is 9.06. The van der Waals surface area contributed by atoms with E-state index in [0.717, 1.165) is 18.2 Å². The topological polar surface area (TPSA) is 101 Å². The Bertz CT molecular complexity index is 494. The summed E-state index contributed by atoms with van der Waals surface area (Å²) in [5.74, 6) is -1.43. The largest absolute Gasteiger partial charge is 0.478 e. The van der Waals surface area contributed by atoms with Crippen LogP contribution in [0.25, 0.3) is 0 Å². The van der Waals surface area contributed by atoms with E-state index < -0.39 is 21.0 Å². The molecule has 0 aliphatic heterocycles. The van der Waals surface area contributed by atoms with Gasteiger partial charge in [0, 0.05) is 0 Å². The van der Waals surface area contributed by atoms with E-state index in [9.17, 15) is 13.2 Å². The van der Waals surface area contributed by atoms with E-state index in [1.165, 1.54) is 0 Å². The Kier molecular flexibility index (Phi) is 3.32. The normalized spacial score (nSPS) is 11.1. The average molecular weight is 297 g/mol. The van der Waals surface area contributed by atoms with Crippen LogP contribution in [0.15, 0.2) is 23.1 Å². The van der Waals surface area contributed by atoms with Crippen LogP contribution in [0.2, 0.25) is 0 Å². The van der Waals surface area contributed by atoms with Crippen LogP contribution in [0.3, 0.4) is 0 Å². The van der Waals surface area contributed by atoms with Crippen LogP contribution < -0.4 is 3.83 Å². The molecule has 0 heterocycles. The summed E-state index contributed by atoms with van der Waals surface area (Å²) in [6, 6.07) is 2.94. The van der Waals surface area contributed by atoms with Gasteiger partial charge in [-0.25, -0.2) is 4.79 Å². The molecule has 0 saturated heterocycles. The summed E-state index contributed by atoms with van der Waals surface area (Å²) in [5.41, 5.74) is -0.373. The third-order valence-electron chi connectivity index (χ3n) is 1.56. The van der Waals surface area contributed by atoms with E-state index in [4.69, 9.17) is 9.66 Å². The van der Waals surface area contributed by atoms with E-state index in [-0.39, 0.29) is 11.3 Å². The second-order valence-electron chi connectivity index (χ2n) is 2.52. The fourth-order valence-corrected chi connectivity index (χ4v) is 1.69. The highest BCUT2D eigenvalue weighted by Crippen LogP contribution is 2.23. The maximum Gasteiger partial charge on any atom is 0.339 e. The smallest absolute Gasteiger partial charge is 0.339 e. The summed E-state index contributed by atoms with van der Waals surface area (Å²) < 4.78 is 34.6. The standard InChI is InChI=1S/C7H5BrO6S/c8-14-6-2-1-4(15(11,12)13)3-5(6)7(9)10/h1-3H,(H,9,10)(H,11,12,13). The zero-order chi connectivity index (χ0) is 11.6. The van der Waals surface area contributed by atoms with E-state index >= 15 is 0 Å². The first-order chi connectivity index (χ1) is 6.86. The molecule has 1 aromatic carbocycles. The quantitative estimate of drug-likeness (QED) is 0.816. The van der Waals surface area contributed by atoms with Gasteiger partial charge in [0.2, 0.25) is 0 Å². The second kappa shape index (κ2) is 4.17. The van der Waals surface area contributed by atoms with Crippen molar-refractivity contribution in [2.24, 2.45) is 0 Å². The van der Waals surface area contributed by atoms with Crippen molar-refractivity contribution >= 4 is 32.3 Å². The summed E-state index contributed by atoms with van der Waals surface area (Å²) in [5, 5.41) is 8.71. The van der Waals surface area contributed by atoms with Crippen molar-refractivity contribution in [3.63, 3.8) is 0 Å². The fraction of sp³-hybridized carbons (Fsp3) is 0. The van der Waals surface area contributed by atoms with Crippen LogP contribution in [0.5, 0.6) is 5.75 Å². The van der Waals surface area contributed by atoms with Crippen LogP contribution in [0, 0.1) is 0 Å². The molecule has 1 rings (SSSR count). The summed E-state index contributed by atoms with van der Waals surface area (Å²) in [4.78, 5) is 10.2. The lowest BCUT2D eigenvalue weighted by molar-refractivity contribution is 0.0695. The number of carboxylic acid groups (broad SMARTS) is 1. The molecular formula is C7H5BrO6S. The minimum Gasteiger partial charge on any atom is -0.478 e. The molecule has 6 nitrogen and oxygen atoms in total. The monoisotopic (exact) mass is 296 g/mol. The maximum atomic E-state index is 10.7. The number of hydrogen-bond acceptors (Lipinski definition) is 4. The average Bonchev–Trinajstić information content (AvgIpc) is 2.15. The molecule has 0 fully saturated rings. The number of carboxylic acids is 1. The van der Waals surface area contributed by atoms with Gasteiger partial charge in [-0.1, -0.05) is 0 Å². The first-order valence-corrected chi connectivity index (χ1v) is 5.58. The second-order valence-corrected chi connectivity index (χ2v) is 4.26. The van der Waals surface area contributed by atoms with Crippen LogP contribution in [-0.2, 0) is 10.1 Å². The Labute approximate surface area is 93.7 Å². The number of aromatic carboxylic acids is 1. The summed E-state index contributed by atoms with van der Waals surface area (Å²) in [6.07, 6.45) is 0. The molecule has 1 aromatic rings. The van der Waals surface area contributed by atoms with Gasteiger partial charge in [0.1, 0.15) is 5.56 Å². The van der Waals surface area contributed by atoms with Crippen LogP contribution >= 0.6 is 16.3 Å². The molecule has 0 unspecified atom stereocenters. The third-order valence-corrected chi connectivity index (χ3v) is 2.76. The van der Waals surface area contributed by atoms with Gasteiger partial charge in [-0.05, 0) is 18.2 Å². The van der Waals surface area contributed by atoms with E-state index in [1.807, 2.05) is 0 Å². The number of carbonyl (C=O) groups is 1. The van der Waals surface area contributed by atoms with Gasteiger partial charge in [0.15, 0.2) is 22.0 Å². The van der Waals surface area contributed by atoms with Crippen molar-refractivity contribution in [3.05, 3.63) is 23.8 Å². The molecule has 0 aliphatic carbocycles. The SMILES string of the molecule is O=C(O)c1cc(S(=O)(=O)O)ccc1OBr. The lowest BCUT2D eigenvalue weighted by Gasteiger charge is -2.03. The number of halogens is 1. The zero-order valence-corrected chi connectivity index (χ0v) is 9.45.